The summed E-state index contributed by atoms with van der Waals surface area (Å²) in [5.74, 6) is 1.06. The first kappa shape index (κ1) is 25.9. The van der Waals surface area contributed by atoms with Crippen LogP contribution in [0, 0.1) is 11.8 Å². The second kappa shape index (κ2) is 9.89. The number of alkyl halides is 3. The van der Waals surface area contributed by atoms with Crippen LogP contribution in [-0.4, -0.2) is 46.6 Å². The Labute approximate surface area is 215 Å². The number of methoxy groups -OCH3 is 1. The van der Waals surface area contributed by atoms with Gasteiger partial charge in [-0.05, 0) is 74.5 Å². The van der Waals surface area contributed by atoms with E-state index in [4.69, 9.17) is 9.47 Å². The Bertz CT molecular complexity index is 1140. The summed E-state index contributed by atoms with van der Waals surface area (Å²) in [5.41, 5.74) is 1.01. The molecule has 3 atom stereocenters. The molecule has 6 nitrogen and oxygen atoms in total. The van der Waals surface area contributed by atoms with Crippen LogP contribution < -0.4 is 4.74 Å². The fourth-order valence-corrected chi connectivity index (χ4v) is 6.20. The summed E-state index contributed by atoms with van der Waals surface area (Å²) >= 11 is 0. The molecule has 3 aliphatic rings. The summed E-state index contributed by atoms with van der Waals surface area (Å²) in [7, 11) is 1.43. The van der Waals surface area contributed by atoms with Crippen LogP contribution >= 0.6 is 0 Å². The minimum absolute atomic E-state index is 0.0312. The molecule has 0 N–H and O–H groups in total. The van der Waals surface area contributed by atoms with E-state index in [-0.39, 0.29) is 29.1 Å². The normalized spacial score (nSPS) is 22.0. The first-order valence-electron chi connectivity index (χ1n) is 13.1. The third kappa shape index (κ3) is 5.19. The summed E-state index contributed by atoms with van der Waals surface area (Å²) in [6, 6.07) is 5.87. The number of likely N-dealkylation sites (tertiary alicyclic amines) is 1. The number of hydrogen-bond acceptors (Lipinski definition) is 6. The maximum absolute atomic E-state index is 13.5. The topological polar surface area (TPSA) is 64.6 Å². The Balaban J connectivity index is 1.30. The highest BCUT2D eigenvalue weighted by Gasteiger charge is 2.44. The molecule has 1 spiro atoms. The maximum Gasteiger partial charge on any atom is 0.435 e. The van der Waals surface area contributed by atoms with E-state index in [0.717, 1.165) is 56.0 Å². The Morgan fingerprint density at radius 3 is 2.49 bits per heavy atom. The number of nitrogens with zero attached hydrogens (tertiary/aromatic N) is 3. The molecule has 1 aromatic heterocycles. The molecule has 5 rings (SSSR count). The predicted octanol–water partition coefficient (Wildman–Crippen LogP) is 5.72. The van der Waals surface area contributed by atoms with Crippen LogP contribution in [0.5, 0.6) is 5.75 Å². The minimum Gasteiger partial charge on any atom is -0.487 e. The van der Waals surface area contributed by atoms with Crippen LogP contribution in [0.1, 0.15) is 80.4 Å². The van der Waals surface area contributed by atoms with E-state index in [0.29, 0.717) is 19.0 Å². The zero-order chi connectivity index (χ0) is 26.4. The molecular weight excluding hydrogens is 483 g/mol. The first-order valence-corrected chi connectivity index (χ1v) is 13.1. The van der Waals surface area contributed by atoms with E-state index in [2.05, 4.69) is 28.2 Å². The fraction of sp³-hybridized carbons (Fsp3) is 0.607. The minimum atomic E-state index is -4.54. The van der Waals surface area contributed by atoms with Gasteiger partial charge in [0.25, 0.3) is 0 Å². The van der Waals surface area contributed by atoms with Crippen LogP contribution in [0.4, 0.5) is 13.2 Å². The van der Waals surface area contributed by atoms with Gasteiger partial charge in [-0.1, -0.05) is 19.1 Å². The number of aryl methyl sites for hydroxylation is 1. The van der Waals surface area contributed by atoms with E-state index >= 15 is 0 Å². The molecule has 1 aromatic carbocycles. The molecule has 37 heavy (non-hydrogen) atoms. The number of esters is 1. The van der Waals surface area contributed by atoms with Gasteiger partial charge in [-0.2, -0.15) is 13.2 Å². The van der Waals surface area contributed by atoms with E-state index in [1.165, 1.54) is 18.9 Å². The average Bonchev–Trinajstić information content (AvgIpc) is 3.73. The second-order valence-electron chi connectivity index (χ2n) is 10.8. The number of halogens is 3. The van der Waals surface area contributed by atoms with Crippen molar-refractivity contribution >= 4 is 5.97 Å². The molecule has 2 aliphatic heterocycles. The molecule has 3 heterocycles. The van der Waals surface area contributed by atoms with Gasteiger partial charge in [0.1, 0.15) is 11.4 Å². The number of fused-ring (bicyclic) bond motifs is 1. The number of aromatic nitrogens is 2. The van der Waals surface area contributed by atoms with Gasteiger partial charge >= 0.3 is 12.1 Å². The number of piperidine rings is 1. The maximum atomic E-state index is 13.5. The van der Waals surface area contributed by atoms with Crippen LogP contribution in [0.3, 0.4) is 0 Å². The summed E-state index contributed by atoms with van der Waals surface area (Å²) in [6.45, 7) is 4.94. The van der Waals surface area contributed by atoms with Crippen LogP contribution in [0.25, 0.3) is 0 Å². The summed E-state index contributed by atoms with van der Waals surface area (Å²) in [4.78, 5) is 22.0. The van der Waals surface area contributed by atoms with Crippen molar-refractivity contribution in [3.05, 3.63) is 53.1 Å². The molecule has 2 fully saturated rings. The van der Waals surface area contributed by atoms with Gasteiger partial charge in [-0.3, -0.25) is 14.7 Å². The Kier molecular flexibility index (Phi) is 6.94. The van der Waals surface area contributed by atoms with Gasteiger partial charge in [0, 0.05) is 25.5 Å². The van der Waals surface area contributed by atoms with Gasteiger partial charge in [-0.25, -0.2) is 4.98 Å². The Hall–Kier alpha value is -2.68. The molecule has 9 heteroatoms. The zero-order valence-corrected chi connectivity index (χ0v) is 21.6. The van der Waals surface area contributed by atoms with Crippen molar-refractivity contribution in [1.82, 2.24) is 14.9 Å². The summed E-state index contributed by atoms with van der Waals surface area (Å²) in [6.07, 6.45) is 3.34. The molecule has 1 saturated carbocycles. The third-order valence-corrected chi connectivity index (χ3v) is 8.54. The third-order valence-electron chi connectivity index (χ3n) is 8.54. The lowest BCUT2D eigenvalue weighted by Gasteiger charge is -2.46. The van der Waals surface area contributed by atoms with Crippen molar-refractivity contribution in [2.75, 3.05) is 20.2 Å². The van der Waals surface area contributed by atoms with Crippen molar-refractivity contribution in [2.24, 2.45) is 11.8 Å². The van der Waals surface area contributed by atoms with Gasteiger partial charge in [0.2, 0.25) is 0 Å². The van der Waals surface area contributed by atoms with Gasteiger partial charge in [-0.15, -0.1) is 0 Å². The van der Waals surface area contributed by atoms with E-state index in [1.807, 2.05) is 11.8 Å². The van der Waals surface area contributed by atoms with Gasteiger partial charge in [0.05, 0.1) is 24.8 Å². The van der Waals surface area contributed by atoms with Crippen LogP contribution in [0.2, 0.25) is 0 Å². The van der Waals surface area contributed by atoms with Crippen LogP contribution in [0.15, 0.2) is 30.6 Å². The molecule has 1 aliphatic carbocycles. The summed E-state index contributed by atoms with van der Waals surface area (Å²) < 4.78 is 52.2. The average molecular weight is 518 g/mol. The van der Waals surface area contributed by atoms with Gasteiger partial charge in [0.15, 0.2) is 5.69 Å². The van der Waals surface area contributed by atoms with E-state index in [1.54, 1.807) is 6.92 Å². The fourth-order valence-electron chi connectivity index (χ4n) is 6.20. The number of benzene rings is 1. The Morgan fingerprint density at radius 1 is 1.14 bits per heavy atom. The largest absolute Gasteiger partial charge is 0.487 e. The molecule has 3 unspecified atom stereocenters. The quantitative estimate of drug-likeness (QED) is 0.457. The predicted molar refractivity (Wildman–Crippen MR) is 131 cm³/mol. The van der Waals surface area contributed by atoms with Gasteiger partial charge < -0.3 is 9.47 Å². The van der Waals surface area contributed by atoms with Crippen molar-refractivity contribution in [3.8, 4) is 5.75 Å². The molecular formula is C28H34F3N3O3. The van der Waals surface area contributed by atoms with Crippen molar-refractivity contribution < 1.29 is 27.4 Å². The monoisotopic (exact) mass is 517 g/mol. The van der Waals surface area contributed by atoms with Crippen molar-refractivity contribution in [3.63, 3.8) is 0 Å². The SMILES string of the molecule is COC(=O)C(C)C(c1ccc2c(c1)OC1(CC2)CCN(C(C)c2nccnc2C(F)(F)F)CC1)C1CC1. The second-order valence-corrected chi connectivity index (χ2v) is 10.8. The number of carbonyl (C=O) groups excluding carboxylic acids is 1. The van der Waals surface area contributed by atoms with Crippen LogP contribution in [-0.2, 0) is 22.1 Å². The molecule has 0 radical (unpaired) electrons. The highest BCUT2D eigenvalue weighted by Crippen LogP contribution is 2.49. The molecule has 200 valence electrons. The number of carbonyl (C=O) groups is 1. The highest BCUT2D eigenvalue weighted by molar-refractivity contribution is 5.73. The van der Waals surface area contributed by atoms with E-state index < -0.39 is 17.9 Å². The standard InChI is InChI=1S/C28H34F3N3O3/c1-17(26(35)36-3)23(20-5-6-20)21-7-4-19-8-9-27(37-22(19)16-21)10-14-34(15-11-27)18(2)24-25(28(29,30)31)33-13-12-32-24/h4,7,12-13,16-18,20,23H,5-6,8-11,14-15H2,1-3H3. The lowest BCUT2D eigenvalue weighted by atomic mass is 9.80. The van der Waals surface area contributed by atoms with Crippen molar-refractivity contribution in [1.29, 1.82) is 0 Å². The first-order chi connectivity index (χ1) is 17.6. The molecule has 2 aromatic rings. The van der Waals surface area contributed by atoms with Crippen molar-refractivity contribution in [2.45, 2.75) is 76.1 Å². The van der Waals surface area contributed by atoms with E-state index in [9.17, 15) is 18.0 Å². The highest BCUT2D eigenvalue weighted by atomic mass is 19.4. The Morgan fingerprint density at radius 2 is 1.84 bits per heavy atom. The lowest BCUT2D eigenvalue weighted by molar-refractivity contribution is -0.146. The number of hydrogen-bond donors (Lipinski definition) is 0. The summed E-state index contributed by atoms with van der Waals surface area (Å²) in [5, 5.41) is 0. The number of rotatable bonds is 6. The molecule has 0 amide bonds. The molecule has 0 bridgehead atoms. The molecule has 1 saturated heterocycles. The lowest BCUT2D eigenvalue weighted by Crippen LogP contribution is -2.50. The zero-order valence-electron chi connectivity index (χ0n) is 21.6. The smallest absolute Gasteiger partial charge is 0.435 e. The number of ether oxygens (including phenoxy) is 2.